The van der Waals surface area contributed by atoms with Crippen molar-refractivity contribution in [2.24, 2.45) is 0 Å². The summed E-state index contributed by atoms with van der Waals surface area (Å²) >= 11 is 0. The average Bonchev–Trinajstić information content (AvgIpc) is 2.54. The Labute approximate surface area is 122 Å². The molecule has 0 saturated heterocycles. The standard InChI is InChI=1S/C18H14O3/c1-21-17-11-13(9-10-16(17)19)18(20)15-8-4-6-12-5-2-3-7-14(12)15/h2-11,19H,1H3. The molecule has 0 bridgehead atoms. The number of methoxy groups -OCH3 is 1. The molecule has 3 rings (SSSR count). The number of carbonyl (C=O) groups is 1. The van der Waals surface area contributed by atoms with Crippen LogP contribution in [-0.2, 0) is 0 Å². The second kappa shape index (κ2) is 5.29. The molecular formula is C18H14O3. The lowest BCUT2D eigenvalue weighted by atomic mass is 9.97. The first-order chi connectivity index (χ1) is 10.2. The Kier molecular flexibility index (Phi) is 3.32. The number of hydrogen-bond donors (Lipinski definition) is 1. The Hall–Kier alpha value is -2.81. The van der Waals surface area contributed by atoms with Gasteiger partial charge in [-0.25, -0.2) is 0 Å². The molecule has 0 unspecified atom stereocenters. The van der Waals surface area contributed by atoms with Gasteiger partial charge in [0.15, 0.2) is 17.3 Å². The summed E-state index contributed by atoms with van der Waals surface area (Å²) in [7, 11) is 1.46. The smallest absolute Gasteiger partial charge is 0.193 e. The van der Waals surface area contributed by atoms with E-state index in [-0.39, 0.29) is 11.5 Å². The lowest BCUT2D eigenvalue weighted by molar-refractivity contribution is 0.104. The summed E-state index contributed by atoms with van der Waals surface area (Å²) < 4.78 is 5.06. The highest BCUT2D eigenvalue weighted by atomic mass is 16.5. The van der Waals surface area contributed by atoms with Gasteiger partial charge in [0.2, 0.25) is 0 Å². The number of aromatic hydroxyl groups is 1. The van der Waals surface area contributed by atoms with Crippen LogP contribution in [-0.4, -0.2) is 18.0 Å². The van der Waals surface area contributed by atoms with Gasteiger partial charge in [-0.15, -0.1) is 0 Å². The van der Waals surface area contributed by atoms with Gasteiger partial charge in [0.25, 0.3) is 0 Å². The fourth-order valence-electron chi connectivity index (χ4n) is 2.40. The molecule has 104 valence electrons. The molecule has 0 heterocycles. The quantitative estimate of drug-likeness (QED) is 0.741. The molecule has 3 aromatic rings. The maximum absolute atomic E-state index is 12.7. The van der Waals surface area contributed by atoms with Gasteiger partial charge >= 0.3 is 0 Å². The number of rotatable bonds is 3. The van der Waals surface area contributed by atoms with Crippen LogP contribution in [0.1, 0.15) is 15.9 Å². The predicted octanol–water partition coefficient (Wildman–Crippen LogP) is 3.79. The minimum Gasteiger partial charge on any atom is -0.504 e. The maximum Gasteiger partial charge on any atom is 0.193 e. The first-order valence-corrected chi connectivity index (χ1v) is 6.60. The molecule has 3 aromatic carbocycles. The molecule has 0 saturated carbocycles. The van der Waals surface area contributed by atoms with Crippen LogP contribution in [0.3, 0.4) is 0 Å². The van der Waals surface area contributed by atoms with E-state index in [0.717, 1.165) is 10.8 Å². The van der Waals surface area contributed by atoms with Crippen molar-refractivity contribution in [2.75, 3.05) is 7.11 Å². The van der Waals surface area contributed by atoms with Crippen LogP contribution >= 0.6 is 0 Å². The minimum absolute atomic E-state index is 0.0203. The lowest BCUT2D eigenvalue weighted by Gasteiger charge is -2.08. The van der Waals surface area contributed by atoms with Gasteiger partial charge in [-0.1, -0.05) is 42.5 Å². The van der Waals surface area contributed by atoms with Crippen LogP contribution in [0.4, 0.5) is 0 Å². The highest BCUT2D eigenvalue weighted by Crippen LogP contribution is 2.28. The van der Waals surface area contributed by atoms with Crippen molar-refractivity contribution < 1.29 is 14.6 Å². The molecular weight excluding hydrogens is 264 g/mol. The summed E-state index contributed by atoms with van der Waals surface area (Å²) in [6, 6.07) is 18.0. The Bertz CT molecular complexity index is 816. The van der Waals surface area contributed by atoms with Gasteiger partial charge in [-0.2, -0.15) is 0 Å². The first kappa shape index (κ1) is 13.2. The molecule has 21 heavy (non-hydrogen) atoms. The van der Waals surface area contributed by atoms with E-state index in [2.05, 4.69) is 0 Å². The highest BCUT2D eigenvalue weighted by Gasteiger charge is 2.14. The topological polar surface area (TPSA) is 46.5 Å². The largest absolute Gasteiger partial charge is 0.504 e. The van der Waals surface area contributed by atoms with Gasteiger partial charge in [-0.3, -0.25) is 4.79 Å². The van der Waals surface area contributed by atoms with Crippen LogP contribution in [0.25, 0.3) is 10.8 Å². The van der Waals surface area contributed by atoms with Gasteiger partial charge in [-0.05, 0) is 29.0 Å². The monoisotopic (exact) mass is 278 g/mol. The van der Waals surface area contributed by atoms with Crippen molar-refractivity contribution in [1.82, 2.24) is 0 Å². The maximum atomic E-state index is 12.7. The predicted molar refractivity (Wildman–Crippen MR) is 82.0 cm³/mol. The summed E-state index contributed by atoms with van der Waals surface area (Å²) in [4.78, 5) is 12.7. The van der Waals surface area contributed by atoms with Crippen LogP contribution in [0.5, 0.6) is 11.5 Å². The number of phenolic OH excluding ortho intramolecular Hbond substituents is 1. The van der Waals surface area contributed by atoms with E-state index in [1.807, 2.05) is 42.5 Å². The van der Waals surface area contributed by atoms with Crippen molar-refractivity contribution in [3.05, 3.63) is 71.8 Å². The van der Waals surface area contributed by atoms with E-state index in [9.17, 15) is 9.90 Å². The second-order valence-electron chi connectivity index (χ2n) is 4.74. The van der Waals surface area contributed by atoms with Crippen molar-refractivity contribution in [2.45, 2.75) is 0 Å². The highest BCUT2D eigenvalue weighted by molar-refractivity contribution is 6.16. The van der Waals surface area contributed by atoms with Crippen LogP contribution in [0.15, 0.2) is 60.7 Å². The van der Waals surface area contributed by atoms with Crippen molar-refractivity contribution in [3.8, 4) is 11.5 Å². The van der Waals surface area contributed by atoms with E-state index >= 15 is 0 Å². The molecule has 0 atom stereocenters. The molecule has 0 aliphatic carbocycles. The molecule has 3 nitrogen and oxygen atoms in total. The summed E-state index contributed by atoms with van der Waals surface area (Å²) in [6.07, 6.45) is 0. The number of benzene rings is 3. The second-order valence-corrected chi connectivity index (χ2v) is 4.74. The molecule has 0 aliphatic heterocycles. The molecule has 0 spiro atoms. The average molecular weight is 278 g/mol. The molecule has 0 radical (unpaired) electrons. The van der Waals surface area contributed by atoms with Gasteiger partial charge < -0.3 is 9.84 Å². The van der Waals surface area contributed by atoms with Crippen molar-refractivity contribution in [1.29, 1.82) is 0 Å². The lowest BCUT2D eigenvalue weighted by Crippen LogP contribution is -2.02. The normalized spacial score (nSPS) is 10.5. The van der Waals surface area contributed by atoms with E-state index in [4.69, 9.17) is 4.74 Å². The Morgan fingerprint density at radius 3 is 2.57 bits per heavy atom. The third-order valence-electron chi connectivity index (χ3n) is 3.48. The van der Waals surface area contributed by atoms with Gasteiger partial charge in [0.1, 0.15) is 0 Å². The summed E-state index contributed by atoms with van der Waals surface area (Å²) in [5.41, 5.74) is 1.13. The molecule has 1 N–H and O–H groups in total. The van der Waals surface area contributed by atoms with E-state index in [0.29, 0.717) is 16.9 Å². The van der Waals surface area contributed by atoms with Crippen molar-refractivity contribution >= 4 is 16.6 Å². The number of ketones is 1. The summed E-state index contributed by atoms with van der Waals surface area (Å²) in [6.45, 7) is 0. The Balaban J connectivity index is 2.13. The van der Waals surface area contributed by atoms with E-state index in [1.165, 1.54) is 13.2 Å². The van der Waals surface area contributed by atoms with Crippen LogP contribution in [0.2, 0.25) is 0 Å². The zero-order chi connectivity index (χ0) is 14.8. The van der Waals surface area contributed by atoms with E-state index < -0.39 is 0 Å². The van der Waals surface area contributed by atoms with Gasteiger partial charge in [0.05, 0.1) is 7.11 Å². The molecule has 0 aliphatic rings. The first-order valence-electron chi connectivity index (χ1n) is 6.60. The number of hydrogen-bond acceptors (Lipinski definition) is 3. The SMILES string of the molecule is COc1cc(C(=O)c2cccc3ccccc23)ccc1O. The third-order valence-corrected chi connectivity index (χ3v) is 3.48. The fraction of sp³-hybridized carbons (Fsp3) is 0.0556. The zero-order valence-corrected chi connectivity index (χ0v) is 11.5. The van der Waals surface area contributed by atoms with Crippen LogP contribution < -0.4 is 4.74 Å². The minimum atomic E-state index is -0.0925. The zero-order valence-electron chi connectivity index (χ0n) is 11.5. The number of carbonyl (C=O) groups excluding carboxylic acids is 1. The number of ether oxygens (including phenoxy) is 1. The summed E-state index contributed by atoms with van der Waals surface area (Å²) in [5.74, 6) is 0.221. The molecule has 0 aromatic heterocycles. The number of fused-ring (bicyclic) bond motifs is 1. The van der Waals surface area contributed by atoms with Gasteiger partial charge in [0, 0.05) is 11.1 Å². The number of phenols is 1. The van der Waals surface area contributed by atoms with Crippen molar-refractivity contribution in [3.63, 3.8) is 0 Å². The third kappa shape index (κ3) is 2.34. The van der Waals surface area contributed by atoms with E-state index in [1.54, 1.807) is 12.1 Å². The Morgan fingerprint density at radius 2 is 1.76 bits per heavy atom. The Morgan fingerprint density at radius 1 is 1.00 bits per heavy atom. The van der Waals surface area contributed by atoms with Crippen LogP contribution in [0, 0.1) is 0 Å². The molecule has 0 fully saturated rings. The summed E-state index contributed by atoms with van der Waals surface area (Å²) in [5, 5.41) is 11.6. The fourth-order valence-corrected chi connectivity index (χ4v) is 2.40. The molecule has 3 heteroatoms. The molecule has 0 amide bonds.